The Hall–Kier alpha value is -3.52. The lowest BCUT2D eigenvalue weighted by Gasteiger charge is -2.13. The molecule has 0 bridgehead atoms. The van der Waals surface area contributed by atoms with E-state index in [1.54, 1.807) is 36.6 Å². The molecule has 0 aliphatic rings. The van der Waals surface area contributed by atoms with Crippen molar-refractivity contribution in [1.29, 1.82) is 0 Å². The molecule has 0 aliphatic carbocycles. The van der Waals surface area contributed by atoms with E-state index in [1.165, 1.54) is 18.3 Å². The van der Waals surface area contributed by atoms with Gasteiger partial charge in [-0.05, 0) is 69.2 Å². The van der Waals surface area contributed by atoms with E-state index in [0.29, 0.717) is 22.0 Å². The summed E-state index contributed by atoms with van der Waals surface area (Å²) in [5.41, 5.74) is 3.99. The topological polar surface area (TPSA) is 94.6 Å². The van der Waals surface area contributed by atoms with Gasteiger partial charge >= 0.3 is 5.97 Å². The van der Waals surface area contributed by atoms with Crippen LogP contribution in [0.3, 0.4) is 0 Å². The minimum Gasteiger partial charge on any atom is -0.479 e. The fourth-order valence-electron chi connectivity index (χ4n) is 2.98. The Balaban J connectivity index is 1.47. The number of aryl methyl sites for hydroxylation is 2. The summed E-state index contributed by atoms with van der Waals surface area (Å²) in [7, 11) is 0. The van der Waals surface area contributed by atoms with Gasteiger partial charge in [0.05, 0.1) is 12.1 Å². The third-order valence-electron chi connectivity index (χ3n) is 4.85. The lowest BCUT2D eigenvalue weighted by molar-refractivity contribution is -0.152. The van der Waals surface area contributed by atoms with E-state index < -0.39 is 12.1 Å². The van der Waals surface area contributed by atoms with Crippen molar-refractivity contribution < 1.29 is 23.9 Å². The molecule has 0 radical (unpaired) electrons. The van der Waals surface area contributed by atoms with Crippen molar-refractivity contribution in [3.8, 4) is 5.75 Å². The van der Waals surface area contributed by atoms with Gasteiger partial charge in [-0.15, -0.1) is 11.3 Å². The highest BCUT2D eigenvalue weighted by atomic mass is 32.1. The summed E-state index contributed by atoms with van der Waals surface area (Å²) in [6.07, 6.45) is -0.684. The predicted octanol–water partition coefficient (Wildman–Crippen LogP) is 4.65. The monoisotopic (exact) mass is 466 g/mol. The standard InChI is InChI=1S/C25H26N2O5S/c1-15-5-6-16(2)22(11-15)27-23(29)12-24-26-20(14-33-24)13-31-25(30)18(4)32-21-9-7-19(8-10-21)17(3)28/h5-11,14,18H,12-13H2,1-4H3,(H,27,29)/t18-/m1/s1. The molecule has 1 N–H and O–H groups in total. The summed E-state index contributed by atoms with van der Waals surface area (Å²) >= 11 is 1.34. The third-order valence-corrected chi connectivity index (χ3v) is 5.74. The largest absolute Gasteiger partial charge is 0.479 e. The molecule has 1 amide bonds. The Morgan fingerprint density at radius 1 is 1.09 bits per heavy atom. The maximum absolute atomic E-state index is 12.4. The second kappa shape index (κ2) is 10.9. The number of hydrogen-bond donors (Lipinski definition) is 1. The number of Topliss-reactive ketones (excluding diaryl/α,β-unsaturated/α-hetero) is 1. The molecule has 0 saturated heterocycles. The van der Waals surface area contributed by atoms with Gasteiger partial charge in [-0.1, -0.05) is 12.1 Å². The Labute approximate surface area is 196 Å². The van der Waals surface area contributed by atoms with Crippen molar-refractivity contribution in [2.24, 2.45) is 0 Å². The van der Waals surface area contributed by atoms with Crippen LogP contribution in [0, 0.1) is 13.8 Å². The minimum atomic E-state index is -0.824. The highest BCUT2D eigenvalue weighted by Gasteiger charge is 2.18. The fraction of sp³-hybridized carbons (Fsp3) is 0.280. The number of carbonyl (C=O) groups is 3. The molecule has 0 spiro atoms. The summed E-state index contributed by atoms with van der Waals surface area (Å²) < 4.78 is 10.9. The van der Waals surface area contributed by atoms with Crippen molar-refractivity contribution in [3.05, 3.63) is 75.2 Å². The van der Waals surface area contributed by atoms with Crippen LogP contribution < -0.4 is 10.1 Å². The van der Waals surface area contributed by atoms with Crippen molar-refractivity contribution in [1.82, 2.24) is 4.98 Å². The lowest BCUT2D eigenvalue weighted by atomic mass is 10.1. The van der Waals surface area contributed by atoms with Crippen LogP contribution >= 0.6 is 11.3 Å². The molecule has 2 aromatic carbocycles. The van der Waals surface area contributed by atoms with E-state index in [1.807, 2.05) is 32.0 Å². The van der Waals surface area contributed by atoms with Crippen LogP contribution in [0.2, 0.25) is 0 Å². The van der Waals surface area contributed by atoms with E-state index >= 15 is 0 Å². The number of nitrogens with one attached hydrogen (secondary N) is 1. The van der Waals surface area contributed by atoms with E-state index in [2.05, 4.69) is 10.3 Å². The molecule has 33 heavy (non-hydrogen) atoms. The summed E-state index contributed by atoms with van der Waals surface area (Å²) in [5.74, 6) is -0.262. The molecular weight excluding hydrogens is 440 g/mol. The molecule has 8 heteroatoms. The molecule has 1 atom stereocenters. The number of aromatic nitrogens is 1. The Morgan fingerprint density at radius 3 is 2.52 bits per heavy atom. The number of thiazole rings is 1. The van der Waals surface area contributed by atoms with E-state index in [0.717, 1.165) is 16.8 Å². The number of ether oxygens (including phenoxy) is 2. The number of benzene rings is 2. The normalized spacial score (nSPS) is 11.5. The second-order valence-electron chi connectivity index (χ2n) is 7.72. The Kier molecular flexibility index (Phi) is 7.95. The van der Waals surface area contributed by atoms with Gasteiger partial charge in [0, 0.05) is 16.6 Å². The molecule has 0 fully saturated rings. The van der Waals surface area contributed by atoms with Crippen LogP contribution in [0.4, 0.5) is 5.69 Å². The minimum absolute atomic E-state index is 0.00901. The first-order valence-corrected chi connectivity index (χ1v) is 11.3. The van der Waals surface area contributed by atoms with Crippen LogP contribution in [0.1, 0.15) is 46.0 Å². The second-order valence-corrected chi connectivity index (χ2v) is 8.67. The molecular formula is C25H26N2O5S. The predicted molar refractivity (Wildman–Crippen MR) is 127 cm³/mol. The van der Waals surface area contributed by atoms with Gasteiger partial charge in [-0.3, -0.25) is 9.59 Å². The average Bonchev–Trinajstić information content (AvgIpc) is 3.22. The number of rotatable bonds is 9. The molecule has 3 rings (SSSR count). The average molecular weight is 467 g/mol. The molecule has 7 nitrogen and oxygen atoms in total. The summed E-state index contributed by atoms with van der Waals surface area (Å²) in [5, 5.41) is 5.32. The van der Waals surface area contributed by atoms with Crippen LogP contribution in [0.5, 0.6) is 5.75 Å². The van der Waals surface area contributed by atoms with E-state index in [4.69, 9.17) is 9.47 Å². The van der Waals surface area contributed by atoms with Gasteiger partial charge in [0.2, 0.25) is 5.91 Å². The van der Waals surface area contributed by atoms with Crippen molar-refractivity contribution >= 4 is 34.7 Å². The van der Waals surface area contributed by atoms with Gasteiger partial charge in [0.1, 0.15) is 17.4 Å². The van der Waals surface area contributed by atoms with Gasteiger partial charge < -0.3 is 14.8 Å². The third kappa shape index (κ3) is 6.98. The number of hydrogen-bond acceptors (Lipinski definition) is 7. The lowest BCUT2D eigenvalue weighted by Crippen LogP contribution is -2.26. The quantitative estimate of drug-likeness (QED) is 0.364. The smallest absolute Gasteiger partial charge is 0.347 e. The van der Waals surface area contributed by atoms with Gasteiger partial charge in [0.25, 0.3) is 0 Å². The summed E-state index contributed by atoms with van der Waals surface area (Å²) in [4.78, 5) is 40.3. The number of anilines is 1. The molecule has 0 aliphatic heterocycles. The van der Waals surface area contributed by atoms with E-state index in [-0.39, 0.29) is 24.7 Å². The first-order chi connectivity index (χ1) is 15.7. The molecule has 0 saturated carbocycles. The molecule has 3 aromatic rings. The molecule has 1 heterocycles. The number of ketones is 1. The number of carbonyl (C=O) groups excluding carboxylic acids is 3. The zero-order valence-electron chi connectivity index (χ0n) is 19.0. The zero-order valence-corrected chi connectivity index (χ0v) is 19.8. The SMILES string of the molecule is CC(=O)c1ccc(O[C@H](C)C(=O)OCc2csc(CC(=O)Nc3cc(C)ccc3C)n2)cc1. The van der Waals surface area contributed by atoms with Crippen LogP contribution in [0.15, 0.2) is 47.8 Å². The number of amides is 1. The number of esters is 1. The first-order valence-electron chi connectivity index (χ1n) is 10.5. The first kappa shape index (κ1) is 24.1. The fourth-order valence-corrected chi connectivity index (χ4v) is 3.76. The highest BCUT2D eigenvalue weighted by Crippen LogP contribution is 2.18. The summed E-state index contributed by atoms with van der Waals surface area (Å²) in [6.45, 7) is 6.98. The van der Waals surface area contributed by atoms with Crippen LogP contribution in [-0.4, -0.2) is 28.7 Å². The van der Waals surface area contributed by atoms with Gasteiger partial charge in [-0.25, -0.2) is 9.78 Å². The van der Waals surface area contributed by atoms with Crippen molar-refractivity contribution in [3.63, 3.8) is 0 Å². The van der Waals surface area contributed by atoms with Crippen LogP contribution in [0.25, 0.3) is 0 Å². The molecule has 0 unspecified atom stereocenters. The Bertz CT molecular complexity index is 1150. The molecule has 1 aromatic heterocycles. The maximum atomic E-state index is 12.4. The summed E-state index contributed by atoms with van der Waals surface area (Å²) in [6, 6.07) is 12.4. The van der Waals surface area contributed by atoms with Gasteiger partial charge in [-0.2, -0.15) is 0 Å². The maximum Gasteiger partial charge on any atom is 0.347 e. The van der Waals surface area contributed by atoms with E-state index in [9.17, 15) is 14.4 Å². The molecule has 172 valence electrons. The van der Waals surface area contributed by atoms with Crippen molar-refractivity contribution in [2.45, 2.75) is 46.8 Å². The highest BCUT2D eigenvalue weighted by molar-refractivity contribution is 7.09. The van der Waals surface area contributed by atoms with Crippen molar-refractivity contribution in [2.75, 3.05) is 5.32 Å². The number of nitrogens with zero attached hydrogens (tertiary/aromatic N) is 1. The zero-order chi connectivity index (χ0) is 24.0. The Morgan fingerprint density at radius 2 is 1.82 bits per heavy atom. The van der Waals surface area contributed by atoms with Crippen LogP contribution in [-0.2, 0) is 27.4 Å². The van der Waals surface area contributed by atoms with Gasteiger partial charge in [0.15, 0.2) is 11.9 Å².